The molecule has 0 aliphatic rings. The number of hydrogen-bond acceptors (Lipinski definition) is 6. The zero-order chi connectivity index (χ0) is 26.7. The van der Waals surface area contributed by atoms with E-state index in [2.05, 4.69) is 0 Å². The summed E-state index contributed by atoms with van der Waals surface area (Å²) in [5.74, 6) is 0.299. The average molecular weight is 497 g/mol. The number of Topliss-reactive ketones (excluding diaryl/α,β-unsaturated/α-hetero) is 2. The maximum atomic E-state index is 12.1. The average Bonchev–Trinajstić information content (AvgIpc) is 2.78. The summed E-state index contributed by atoms with van der Waals surface area (Å²) in [6.45, 7) is 12.1. The standard InChI is InChI=1S/C29H52O6/c1-7-34-26(32)28(3,4)22-16-10-14-20-24(30)18-12-9-13-19-25(31)21-15-11-17-23-29(5,6)27(33)35-8-2/h7-23H2,1-6H3. The van der Waals surface area contributed by atoms with Gasteiger partial charge in [0.2, 0.25) is 0 Å². The van der Waals surface area contributed by atoms with Crippen LogP contribution >= 0.6 is 0 Å². The minimum Gasteiger partial charge on any atom is -0.466 e. The number of unbranched alkanes of at least 4 members (excludes halogenated alkanes) is 6. The smallest absolute Gasteiger partial charge is 0.311 e. The largest absolute Gasteiger partial charge is 0.466 e. The first-order valence-corrected chi connectivity index (χ1v) is 13.8. The van der Waals surface area contributed by atoms with Crippen LogP contribution in [-0.4, -0.2) is 36.7 Å². The minimum absolute atomic E-state index is 0.148. The van der Waals surface area contributed by atoms with E-state index in [1.54, 1.807) is 0 Å². The molecule has 0 bridgehead atoms. The highest BCUT2D eigenvalue weighted by Crippen LogP contribution is 2.26. The monoisotopic (exact) mass is 496 g/mol. The molecule has 0 saturated heterocycles. The molecule has 6 nitrogen and oxygen atoms in total. The van der Waals surface area contributed by atoms with Gasteiger partial charge in [0.15, 0.2) is 0 Å². The first-order chi connectivity index (χ1) is 16.5. The van der Waals surface area contributed by atoms with Gasteiger partial charge in [-0.2, -0.15) is 0 Å². The van der Waals surface area contributed by atoms with E-state index in [0.717, 1.165) is 70.6 Å². The highest BCUT2D eigenvalue weighted by atomic mass is 16.5. The number of esters is 2. The molecule has 0 saturated carbocycles. The predicted octanol–water partition coefficient (Wildman–Crippen LogP) is 7.15. The van der Waals surface area contributed by atoms with Crippen molar-refractivity contribution >= 4 is 23.5 Å². The molecule has 0 N–H and O–H groups in total. The summed E-state index contributed by atoms with van der Waals surface area (Å²) >= 11 is 0. The maximum absolute atomic E-state index is 12.1. The van der Waals surface area contributed by atoms with E-state index >= 15 is 0 Å². The zero-order valence-electron chi connectivity index (χ0n) is 23.5. The molecule has 0 aromatic heterocycles. The molecule has 0 radical (unpaired) electrons. The van der Waals surface area contributed by atoms with Crippen LogP contribution in [0.4, 0.5) is 0 Å². The van der Waals surface area contributed by atoms with E-state index in [-0.39, 0.29) is 11.9 Å². The van der Waals surface area contributed by atoms with E-state index in [1.807, 2.05) is 41.5 Å². The van der Waals surface area contributed by atoms with Crippen LogP contribution in [0.25, 0.3) is 0 Å². The number of carbonyl (C=O) groups excluding carboxylic acids is 4. The van der Waals surface area contributed by atoms with Gasteiger partial charge in [0.05, 0.1) is 24.0 Å². The van der Waals surface area contributed by atoms with Crippen LogP contribution in [0.15, 0.2) is 0 Å². The van der Waals surface area contributed by atoms with Crippen molar-refractivity contribution in [1.82, 2.24) is 0 Å². The molecule has 0 aromatic carbocycles. The molecule has 0 aliphatic heterocycles. The Labute approximate surface area is 214 Å². The molecule has 204 valence electrons. The van der Waals surface area contributed by atoms with Gasteiger partial charge >= 0.3 is 11.9 Å². The van der Waals surface area contributed by atoms with Crippen molar-refractivity contribution in [3.63, 3.8) is 0 Å². The van der Waals surface area contributed by atoms with Gasteiger partial charge in [-0.05, 0) is 80.1 Å². The van der Waals surface area contributed by atoms with Gasteiger partial charge < -0.3 is 9.47 Å². The third-order valence-electron chi connectivity index (χ3n) is 6.58. The van der Waals surface area contributed by atoms with Gasteiger partial charge in [-0.1, -0.05) is 32.1 Å². The van der Waals surface area contributed by atoms with Gasteiger partial charge in [0.25, 0.3) is 0 Å². The van der Waals surface area contributed by atoms with E-state index in [0.29, 0.717) is 50.5 Å². The van der Waals surface area contributed by atoms with Crippen molar-refractivity contribution in [2.45, 2.75) is 138 Å². The quantitative estimate of drug-likeness (QED) is 0.117. The lowest BCUT2D eigenvalue weighted by atomic mass is 9.87. The number of carbonyl (C=O) groups is 4. The highest BCUT2D eigenvalue weighted by Gasteiger charge is 2.29. The molecule has 0 unspecified atom stereocenters. The van der Waals surface area contributed by atoms with Gasteiger partial charge in [0.1, 0.15) is 11.6 Å². The van der Waals surface area contributed by atoms with Crippen LogP contribution in [0.1, 0.15) is 138 Å². The molecule has 0 amide bonds. The predicted molar refractivity (Wildman–Crippen MR) is 140 cm³/mol. The van der Waals surface area contributed by atoms with Crippen LogP contribution in [0.2, 0.25) is 0 Å². The van der Waals surface area contributed by atoms with Crippen molar-refractivity contribution in [1.29, 1.82) is 0 Å². The third kappa shape index (κ3) is 16.6. The minimum atomic E-state index is -0.460. The van der Waals surface area contributed by atoms with E-state index in [1.165, 1.54) is 0 Å². The van der Waals surface area contributed by atoms with Crippen LogP contribution in [0, 0.1) is 10.8 Å². The summed E-state index contributed by atoms with van der Waals surface area (Å²) in [4.78, 5) is 47.9. The topological polar surface area (TPSA) is 86.7 Å². The van der Waals surface area contributed by atoms with E-state index in [9.17, 15) is 19.2 Å². The van der Waals surface area contributed by atoms with Crippen LogP contribution in [0.5, 0.6) is 0 Å². The molecule has 0 aliphatic carbocycles. The second-order valence-electron chi connectivity index (χ2n) is 11.0. The maximum Gasteiger partial charge on any atom is 0.311 e. The van der Waals surface area contributed by atoms with Crippen LogP contribution in [0.3, 0.4) is 0 Å². The third-order valence-corrected chi connectivity index (χ3v) is 6.58. The van der Waals surface area contributed by atoms with Crippen LogP contribution < -0.4 is 0 Å². The molecule has 6 heteroatoms. The van der Waals surface area contributed by atoms with Gasteiger partial charge in [-0.3, -0.25) is 19.2 Å². The van der Waals surface area contributed by atoms with Crippen molar-refractivity contribution < 1.29 is 28.7 Å². The van der Waals surface area contributed by atoms with Crippen LogP contribution in [-0.2, 0) is 28.7 Å². The van der Waals surface area contributed by atoms with E-state index < -0.39 is 10.8 Å². The first kappa shape index (κ1) is 33.3. The Kier molecular flexibility index (Phi) is 17.6. The SMILES string of the molecule is CCOC(=O)C(C)(C)CCCCCC(=O)CCCCCC(=O)CCCCCC(C)(C)C(=O)OCC. The Bertz CT molecular complexity index is 581. The fourth-order valence-corrected chi connectivity index (χ4v) is 4.06. The van der Waals surface area contributed by atoms with Gasteiger partial charge in [-0.15, -0.1) is 0 Å². The normalized spacial score (nSPS) is 11.8. The Balaban J connectivity index is 3.70. The van der Waals surface area contributed by atoms with Crippen molar-refractivity contribution in [3.05, 3.63) is 0 Å². The lowest BCUT2D eigenvalue weighted by Crippen LogP contribution is -2.26. The molecule has 0 atom stereocenters. The molecule has 0 fully saturated rings. The fourth-order valence-electron chi connectivity index (χ4n) is 4.06. The summed E-state index contributed by atoms with van der Waals surface area (Å²) in [7, 11) is 0. The second-order valence-corrected chi connectivity index (χ2v) is 11.0. The Morgan fingerprint density at radius 2 is 0.771 bits per heavy atom. The van der Waals surface area contributed by atoms with Crippen molar-refractivity contribution in [3.8, 4) is 0 Å². The summed E-state index contributed by atoms with van der Waals surface area (Å²) in [5.41, 5.74) is -0.920. The molecule has 0 spiro atoms. The van der Waals surface area contributed by atoms with Crippen molar-refractivity contribution in [2.24, 2.45) is 10.8 Å². The lowest BCUT2D eigenvalue weighted by Gasteiger charge is -2.21. The molecular formula is C29H52O6. The molecule has 0 aromatic rings. The van der Waals surface area contributed by atoms with Gasteiger partial charge in [-0.25, -0.2) is 0 Å². The Hall–Kier alpha value is -1.72. The summed E-state index contributed by atoms with van der Waals surface area (Å²) < 4.78 is 10.2. The van der Waals surface area contributed by atoms with Crippen molar-refractivity contribution in [2.75, 3.05) is 13.2 Å². The Morgan fingerprint density at radius 3 is 1.06 bits per heavy atom. The number of ether oxygens (including phenoxy) is 2. The first-order valence-electron chi connectivity index (χ1n) is 13.8. The number of hydrogen-bond donors (Lipinski definition) is 0. The summed E-state index contributed by atoms with van der Waals surface area (Å²) in [6, 6.07) is 0. The van der Waals surface area contributed by atoms with Gasteiger partial charge in [0, 0.05) is 25.7 Å². The molecule has 0 heterocycles. The highest BCUT2D eigenvalue weighted by molar-refractivity contribution is 5.79. The second kappa shape index (κ2) is 18.5. The molecular weight excluding hydrogens is 444 g/mol. The van der Waals surface area contributed by atoms with E-state index in [4.69, 9.17) is 9.47 Å². The molecule has 0 rings (SSSR count). The lowest BCUT2D eigenvalue weighted by molar-refractivity contribution is -0.154. The number of rotatable bonds is 22. The molecule has 35 heavy (non-hydrogen) atoms. The summed E-state index contributed by atoms with van der Waals surface area (Å²) in [6.07, 6.45) is 12.0. The summed E-state index contributed by atoms with van der Waals surface area (Å²) in [5, 5.41) is 0. The Morgan fingerprint density at radius 1 is 0.486 bits per heavy atom. The zero-order valence-corrected chi connectivity index (χ0v) is 23.5. The fraction of sp³-hybridized carbons (Fsp3) is 0.862. The number of ketones is 2.